The van der Waals surface area contributed by atoms with Gasteiger partial charge < -0.3 is 10.9 Å². The predicted octanol–water partition coefficient (Wildman–Crippen LogP) is -0.134. The van der Waals surface area contributed by atoms with Crippen LogP contribution in [0.2, 0.25) is 0 Å². The number of aromatic nitrogens is 3. The van der Waals surface area contributed by atoms with Crippen LogP contribution in [0.5, 0.6) is 0 Å². The van der Waals surface area contributed by atoms with Gasteiger partial charge in [-0.3, -0.25) is 4.90 Å². The van der Waals surface area contributed by atoms with Gasteiger partial charge in [0.1, 0.15) is 12.2 Å². The Morgan fingerprint density at radius 1 is 1.62 bits per heavy atom. The van der Waals surface area contributed by atoms with Crippen LogP contribution in [0.3, 0.4) is 0 Å². The van der Waals surface area contributed by atoms with E-state index in [4.69, 9.17) is 10.9 Å². The molecule has 3 N–H and O–H groups in total. The third kappa shape index (κ3) is 3.20. The number of hydrogen-bond acceptors (Lipinski definition) is 5. The smallest absolute Gasteiger partial charge is 0.153 e. The highest BCUT2D eigenvalue weighted by molar-refractivity contribution is 5.81. The van der Waals surface area contributed by atoms with Crippen molar-refractivity contribution in [2.45, 2.75) is 26.9 Å². The standard InChI is InChI=1S/C9H18N6O/c1-3-14(5-8(10)13-16)6-9-11-7-12-15(9)4-2/h7,16H,3-6H2,1-2H3,(H2,10,13). The lowest BCUT2D eigenvalue weighted by molar-refractivity contribution is 0.286. The van der Waals surface area contributed by atoms with E-state index in [0.29, 0.717) is 13.1 Å². The zero-order valence-corrected chi connectivity index (χ0v) is 9.67. The fourth-order valence-corrected chi connectivity index (χ4v) is 1.41. The summed E-state index contributed by atoms with van der Waals surface area (Å²) >= 11 is 0. The topological polar surface area (TPSA) is 92.6 Å². The molecule has 0 bridgehead atoms. The number of likely N-dealkylation sites (N-methyl/N-ethyl adjacent to an activating group) is 1. The molecule has 0 aliphatic rings. The fourth-order valence-electron chi connectivity index (χ4n) is 1.41. The Bertz CT molecular complexity index is 348. The maximum absolute atomic E-state index is 8.51. The van der Waals surface area contributed by atoms with Gasteiger partial charge >= 0.3 is 0 Å². The van der Waals surface area contributed by atoms with Crippen molar-refractivity contribution < 1.29 is 5.21 Å². The van der Waals surface area contributed by atoms with Gasteiger partial charge in [0.2, 0.25) is 0 Å². The Morgan fingerprint density at radius 3 is 2.94 bits per heavy atom. The second-order valence-corrected chi connectivity index (χ2v) is 3.39. The summed E-state index contributed by atoms with van der Waals surface area (Å²) in [6, 6.07) is 0. The highest BCUT2D eigenvalue weighted by Gasteiger charge is 2.10. The quantitative estimate of drug-likeness (QED) is 0.305. The first-order valence-corrected chi connectivity index (χ1v) is 5.26. The Balaban J connectivity index is 2.63. The van der Waals surface area contributed by atoms with Crippen LogP contribution in [0, 0.1) is 0 Å². The molecule has 0 spiro atoms. The van der Waals surface area contributed by atoms with E-state index in [9.17, 15) is 0 Å². The minimum Gasteiger partial charge on any atom is -0.409 e. The molecule has 0 amide bonds. The number of aryl methyl sites for hydroxylation is 1. The van der Waals surface area contributed by atoms with Gasteiger partial charge in [-0.05, 0) is 13.5 Å². The summed E-state index contributed by atoms with van der Waals surface area (Å²) in [6.07, 6.45) is 1.54. The molecule has 7 heteroatoms. The van der Waals surface area contributed by atoms with Gasteiger partial charge in [0.25, 0.3) is 0 Å². The molecule has 0 aliphatic carbocycles. The summed E-state index contributed by atoms with van der Waals surface area (Å²) in [6.45, 7) is 6.67. The van der Waals surface area contributed by atoms with Crippen molar-refractivity contribution in [3.63, 3.8) is 0 Å². The molecule has 0 fully saturated rings. The summed E-state index contributed by atoms with van der Waals surface area (Å²) in [4.78, 5) is 6.19. The Labute approximate surface area is 94.6 Å². The van der Waals surface area contributed by atoms with Gasteiger partial charge in [-0.2, -0.15) is 5.10 Å². The number of amidine groups is 1. The summed E-state index contributed by atoms with van der Waals surface area (Å²) in [5.41, 5.74) is 5.46. The zero-order valence-electron chi connectivity index (χ0n) is 9.67. The third-order valence-corrected chi connectivity index (χ3v) is 2.32. The molecule has 0 unspecified atom stereocenters. The molecule has 1 aromatic rings. The highest BCUT2D eigenvalue weighted by Crippen LogP contribution is 2.00. The lowest BCUT2D eigenvalue weighted by Crippen LogP contribution is -2.34. The van der Waals surface area contributed by atoms with Crippen LogP contribution in [0.15, 0.2) is 11.5 Å². The summed E-state index contributed by atoms with van der Waals surface area (Å²) in [7, 11) is 0. The van der Waals surface area contributed by atoms with Crippen LogP contribution in [-0.4, -0.2) is 43.8 Å². The van der Waals surface area contributed by atoms with Crippen LogP contribution >= 0.6 is 0 Å². The second kappa shape index (κ2) is 6.06. The molecule has 1 aromatic heterocycles. The van der Waals surface area contributed by atoms with Gasteiger partial charge in [0, 0.05) is 6.54 Å². The van der Waals surface area contributed by atoms with E-state index in [-0.39, 0.29) is 5.84 Å². The SMILES string of the molecule is CCN(CC(N)=NO)Cc1ncnn1CC. The molecule has 0 aromatic carbocycles. The maximum Gasteiger partial charge on any atom is 0.153 e. The van der Waals surface area contributed by atoms with Crippen LogP contribution in [0.25, 0.3) is 0 Å². The summed E-state index contributed by atoms with van der Waals surface area (Å²) in [5, 5.41) is 15.6. The molecule has 1 heterocycles. The number of nitrogens with two attached hydrogens (primary N) is 1. The molecule has 0 aliphatic heterocycles. The largest absolute Gasteiger partial charge is 0.409 e. The van der Waals surface area contributed by atoms with Crippen LogP contribution < -0.4 is 5.73 Å². The zero-order chi connectivity index (χ0) is 12.0. The number of oxime groups is 1. The molecular formula is C9H18N6O. The molecule has 0 saturated carbocycles. The monoisotopic (exact) mass is 226 g/mol. The Hall–Kier alpha value is -1.63. The van der Waals surface area contributed by atoms with Crippen molar-refractivity contribution in [2.75, 3.05) is 13.1 Å². The van der Waals surface area contributed by atoms with Crippen LogP contribution in [0.1, 0.15) is 19.7 Å². The van der Waals surface area contributed by atoms with Crippen molar-refractivity contribution in [1.29, 1.82) is 0 Å². The van der Waals surface area contributed by atoms with Crippen LogP contribution in [0.4, 0.5) is 0 Å². The molecule has 7 nitrogen and oxygen atoms in total. The fraction of sp³-hybridized carbons (Fsp3) is 0.667. The lowest BCUT2D eigenvalue weighted by Gasteiger charge is -2.18. The molecule has 16 heavy (non-hydrogen) atoms. The predicted molar refractivity (Wildman–Crippen MR) is 60.1 cm³/mol. The Kier molecular flexibility index (Phi) is 4.71. The second-order valence-electron chi connectivity index (χ2n) is 3.39. The highest BCUT2D eigenvalue weighted by atomic mass is 16.4. The third-order valence-electron chi connectivity index (χ3n) is 2.32. The van der Waals surface area contributed by atoms with E-state index in [2.05, 4.69) is 15.2 Å². The molecule has 90 valence electrons. The first kappa shape index (κ1) is 12.4. The van der Waals surface area contributed by atoms with E-state index < -0.39 is 0 Å². The number of nitrogens with zero attached hydrogens (tertiary/aromatic N) is 5. The number of rotatable bonds is 6. The maximum atomic E-state index is 8.51. The normalized spacial score (nSPS) is 12.3. The van der Waals surface area contributed by atoms with E-state index in [1.54, 1.807) is 0 Å². The lowest BCUT2D eigenvalue weighted by atomic mass is 10.4. The van der Waals surface area contributed by atoms with Crippen molar-refractivity contribution in [1.82, 2.24) is 19.7 Å². The number of hydrogen-bond donors (Lipinski definition) is 2. The van der Waals surface area contributed by atoms with Gasteiger partial charge in [0.15, 0.2) is 5.84 Å². The molecule has 1 rings (SSSR count). The summed E-state index contributed by atoms with van der Waals surface area (Å²) < 4.78 is 1.83. The minimum absolute atomic E-state index is 0.199. The van der Waals surface area contributed by atoms with Crippen molar-refractivity contribution in [3.8, 4) is 0 Å². The van der Waals surface area contributed by atoms with Gasteiger partial charge in [-0.25, -0.2) is 9.67 Å². The van der Waals surface area contributed by atoms with E-state index in [1.165, 1.54) is 6.33 Å². The van der Waals surface area contributed by atoms with Crippen molar-refractivity contribution >= 4 is 5.84 Å². The minimum atomic E-state index is 0.199. The average Bonchev–Trinajstić information content (AvgIpc) is 2.75. The average molecular weight is 226 g/mol. The molecule has 0 atom stereocenters. The van der Waals surface area contributed by atoms with E-state index in [0.717, 1.165) is 18.9 Å². The van der Waals surface area contributed by atoms with Crippen molar-refractivity contribution in [3.05, 3.63) is 12.2 Å². The Morgan fingerprint density at radius 2 is 2.38 bits per heavy atom. The van der Waals surface area contributed by atoms with Gasteiger partial charge in [-0.15, -0.1) is 0 Å². The summed E-state index contributed by atoms with van der Waals surface area (Å²) in [5.74, 6) is 1.08. The molecule has 0 radical (unpaired) electrons. The first-order chi connectivity index (χ1) is 7.71. The van der Waals surface area contributed by atoms with Crippen LogP contribution in [-0.2, 0) is 13.1 Å². The molecular weight excluding hydrogens is 208 g/mol. The van der Waals surface area contributed by atoms with Gasteiger partial charge in [-0.1, -0.05) is 12.1 Å². The first-order valence-electron chi connectivity index (χ1n) is 5.26. The van der Waals surface area contributed by atoms with E-state index in [1.807, 2.05) is 23.4 Å². The molecule has 0 saturated heterocycles. The van der Waals surface area contributed by atoms with Gasteiger partial charge in [0.05, 0.1) is 13.1 Å². The van der Waals surface area contributed by atoms with E-state index >= 15 is 0 Å². The van der Waals surface area contributed by atoms with Crippen molar-refractivity contribution in [2.24, 2.45) is 10.9 Å².